The highest BCUT2D eigenvalue weighted by Gasteiger charge is 2.24. The molecule has 0 atom stereocenters. The highest BCUT2D eigenvalue weighted by Crippen LogP contribution is 2.34. The molecule has 3 aromatic carbocycles. The Morgan fingerprint density at radius 2 is 1.30 bits per heavy atom. The third-order valence-corrected chi connectivity index (χ3v) is 4.70. The van der Waals surface area contributed by atoms with Crippen molar-refractivity contribution in [2.45, 2.75) is 20.3 Å². The number of aryl methyl sites for hydroxylation is 1. The van der Waals surface area contributed by atoms with Crippen LogP contribution in [0.25, 0.3) is 32.9 Å². The summed E-state index contributed by atoms with van der Waals surface area (Å²) in [6.07, 6.45) is 1.25. The maximum absolute atomic E-state index is 11.3. The summed E-state index contributed by atoms with van der Waals surface area (Å²) in [6.45, 7) is 4.25. The predicted molar refractivity (Wildman–Crippen MR) is 117 cm³/mol. The normalized spacial score (nSPS) is 10.5. The summed E-state index contributed by atoms with van der Waals surface area (Å²) in [6, 6.07) is 18.9. The number of rotatable bonds is 3. The van der Waals surface area contributed by atoms with E-state index in [1.165, 1.54) is 24.6 Å². The average molecular weight is 404 g/mol. The minimum Gasteiger partial charge on any atom is -0.258 e. The second-order valence-electron chi connectivity index (χ2n) is 6.93. The maximum atomic E-state index is 11.3. The molecule has 4 rings (SSSR count). The molecule has 30 heavy (non-hydrogen) atoms. The molecule has 0 fully saturated rings. The van der Waals surface area contributed by atoms with Crippen LogP contribution in [0.5, 0.6) is 0 Å². The van der Waals surface area contributed by atoms with E-state index in [-0.39, 0.29) is 11.4 Å². The van der Waals surface area contributed by atoms with Crippen molar-refractivity contribution >= 4 is 33.1 Å². The first-order chi connectivity index (χ1) is 14.4. The molecule has 152 valence electrons. The molecule has 0 aliphatic heterocycles. The van der Waals surface area contributed by atoms with Crippen LogP contribution < -0.4 is 4.57 Å². The molecule has 0 aliphatic carbocycles. The van der Waals surface area contributed by atoms with Gasteiger partial charge in [-0.15, -0.1) is 0 Å². The number of fused-ring (bicyclic) bond motifs is 3. The maximum Gasteiger partial charge on any atom is 0.276 e. The third kappa shape index (κ3) is 3.82. The minimum absolute atomic E-state index is 0.000873. The fraction of sp³-hybridized carbons (Fsp3) is 0.174. The van der Waals surface area contributed by atoms with E-state index in [4.69, 9.17) is 0 Å². The first-order valence-electron chi connectivity index (χ1n) is 9.62. The molecular formula is C23H22N3O4+. The van der Waals surface area contributed by atoms with E-state index >= 15 is 0 Å². The molecule has 0 saturated carbocycles. The van der Waals surface area contributed by atoms with Crippen LogP contribution in [0.2, 0.25) is 0 Å². The summed E-state index contributed by atoms with van der Waals surface area (Å²) in [5.41, 5.74) is 2.32. The lowest BCUT2D eigenvalue weighted by Gasteiger charge is -2.09. The lowest BCUT2D eigenvalue weighted by Crippen LogP contribution is -2.32. The largest absolute Gasteiger partial charge is 0.276 e. The Morgan fingerprint density at radius 1 is 0.767 bits per heavy atom. The van der Waals surface area contributed by atoms with Gasteiger partial charge in [0.1, 0.15) is 7.05 Å². The molecule has 0 bridgehead atoms. The van der Waals surface area contributed by atoms with Gasteiger partial charge >= 0.3 is 0 Å². The molecule has 0 amide bonds. The topological polar surface area (TPSA) is 90.2 Å². The molecule has 7 nitrogen and oxygen atoms in total. The Bertz CT molecular complexity index is 1250. The van der Waals surface area contributed by atoms with Crippen molar-refractivity contribution in [1.82, 2.24) is 0 Å². The summed E-state index contributed by atoms with van der Waals surface area (Å²) in [5.74, 6) is 0. The number of nitro groups is 2. The molecule has 0 aliphatic rings. The van der Waals surface area contributed by atoms with Gasteiger partial charge in [-0.25, -0.2) is 0 Å². The van der Waals surface area contributed by atoms with Crippen LogP contribution >= 0.6 is 0 Å². The monoisotopic (exact) mass is 404 g/mol. The molecule has 0 unspecified atom stereocenters. The van der Waals surface area contributed by atoms with Crippen LogP contribution in [0, 0.1) is 20.2 Å². The van der Waals surface area contributed by atoms with E-state index in [1.807, 2.05) is 41.9 Å². The van der Waals surface area contributed by atoms with Gasteiger partial charge in [0, 0.05) is 29.1 Å². The highest BCUT2D eigenvalue weighted by atomic mass is 16.6. The highest BCUT2D eigenvalue weighted by molar-refractivity contribution is 6.09. The van der Waals surface area contributed by atoms with E-state index in [2.05, 4.69) is 13.8 Å². The van der Waals surface area contributed by atoms with Gasteiger partial charge in [0.05, 0.1) is 26.7 Å². The fourth-order valence-corrected chi connectivity index (χ4v) is 3.46. The Morgan fingerprint density at radius 3 is 1.87 bits per heavy atom. The summed E-state index contributed by atoms with van der Waals surface area (Å²) < 4.78 is 1.85. The molecule has 1 aromatic heterocycles. The molecule has 1 heterocycles. The number of benzene rings is 3. The first kappa shape index (κ1) is 20.9. The van der Waals surface area contributed by atoms with Crippen molar-refractivity contribution < 1.29 is 14.4 Å². The summed E-state index contributed by atoms with van der Waals surface area (Å²) >= 11 is 0. The van der Waals surface area contributed by atoms with Gasteiger partial charge < -0.3 is 0 Å². The van der Waals surface area contributed by atoms with Crippen LogP contribution in [0.15, 0.2) is 66.7 Å². The Kier molecular flexibility index (Phi) is 6.01. The number of nitro benzene ring substituents is 2. The van der Waals surface area contributed by atoms with Gasteiger partial charge in [0.2, 0.25) is 11.2 Å². The van der Waals surface area contributed by atoms with E-state index in [9.17, 15) is 20.2 Å². The van der Waals surface area contributed by atoms with Crippen molar-refractivity contribution in [1.29, 1.82) is 0 Å². The van der Waals surface area contributed by atoms with E-state index in [1.54, 1.807) is 18.2 Å². The van der Waals surface area contributed by atoms with Crippen molar-refractivity contribution in [2.24, 2.45) is 7.05 Å². The van der Waals surface area contributed by atoms with Crippen LogP contribution in [0.1, 0.15) is 20.3 Å². The predicted octanol–water partition coefficient (Wildman–Crippen LogP) is 5.72. The SMILES string of the molecule is CCC.C[n+]1c(-c2ccccc2)c2cc([N+](=O)[O-])ccc2c2ccc([N+](=O)[O-])cc21. The smallest absolute Gasteiger partial charge is 0.258 e. The van der Waals surface area contributed by atoms with Crippen molar-refractivity contribution in [3.05, 3.63) is 87.0 Å². The van der Waals surface area contributed by atoms with E-state index in [0.29, 0.717) is 5.52 Å². The molecule has 4 aromatic rings. The third-order valence-electron chi connectivity index (χ3n) is 4.70. The van der Waals surface area contributed by atoms with Gasteiger partial charge in [0.25, 0.3) is 11.4 Å². The molecule has 0 N–H and O–H groups in total. The molecule has 7 heteroatoms. The van der Waals surface area contributed by atoms with Crippen molar-refractivity contribution in [3.8, 4) is 11.3 Å². The number of non-ortho nitro benzene ring substituents is 2. The number of hydrogen-bond acceptors (Lipinski definition) is 4. The first-order valence-corrected chi connectivity index (χ1v) is 9.62. The van der Waals surface area contributed by atoms with Crippen LogP contribution in [0.3, 0.4) is 0 Å². The Hall–Kier alpha value is -3.87. The Labute approximate surface area is 173 Å². The van der Waals surface area contributed by atoms with Crippen LogP contribution in [-0.4, -0.2) is 9.85 Å². The van der Waals surface area contributed by atoms with Crippen molar-refractivity contribution in [2.75, 3.05) is 0 Å². The standard InChI is InChI=1S/C20H14N3O4.C3H8/c1-21-19-12-15(23(26)27)8-10-17(19)16-9-7-14(22(24)25)11-18(16)20(21)13-5-3-2-4-6-13;1-3-2/h2-12H,1H3;3H2,1-2H3/q+1;. The number of nitrogens with zero attached hydrogens (tertiary/aromatic N) is 3. The molecule has 0 radical (unpaired) electrons. The van der Waals surface area contributed by atoms with E-state index < -0.39 is 9.85 Å². The van der Waals surface area contributed by atoms with Gasteiger partial charge in [-0.05, 0) is 24.3 Å². The number of aromatic nitrogens is 1. The minimum atomic E-state index is -0.429. The quantitative estimate of drug-likeness (QED) is 0.189. The second kappa shape index (κ2) is 8.65. The lowest BCUT2D eigenvalue weighted by atomic mass is 9.98. The zero-order valence-corrected chi connectivity index (χ0v) is 17.0. The Balaban J connectivity index is 0.000000806. The lowest BCUT2D eigenvalue weighted by molar-refractivity contribution is -0.632. The van der Waals surface area contributed by atoms with Gasteiger partial charge in [-0.2, -0.15) is 4.57 Å². The van der Waals surface area contributed by atoms with Crippen molar-refractivity contribution in [3.63, 3.8) is 0 Å². The van der Waals surface area contributed by atoms with Crippen LogP contribution in [0.4, 0.5) is 11.4 Å². The van der Waals surface area contributed by atoms with Gasteiger partial charge in [0.15, 0.2) is 0 Å². The summed E-state index contributed by atoms with van der Waals surface area (Å²) in [4.78, 5) is 21.6. The number of pyridine rings is 1. The molecule has 0 spiro atoms. The zero-order valence-electron chi connectivity index (χ0n) is 17.0. The molecular weight excluding hydrogens is 382 g/mol. The zero-order chi connectivity index (χ0) is 21.8. The second-order valence-corrected chi connectivity index (χ2v) is 6.93. The van der Waals surface area contributed by atoms with Crippen LogP contribution in [-0.2, 0) is 7.05 Å². The average Bonchev–Trinajstić information content (AvgIpc) is 2.74. The van der Waals surface area contributed by atoms with E-state index in [0.717, 1.165) is 27.4 Å². The number of hydrogen-bond donors (Lipinski definition) is 0. The van der Waals surface area contributed by atoms with Gasteiger partial charge in [-0.1, -0.05) is 38.5 Å². The summed E-state index contributed by atoms with van der Waals surface area (Å²) in [5, 5.41) is 24.8. The molecule has 0 saturated heterocycles. The summed E-state index contributed by atoms with van der Waals surface area (Å²) in [7, 11) is 1.81. The van der Waals surface area contributed by atoms with Gasteiger partial charge in [-0.3, -0.25) is 20.2 Å². The fourth-order valence-electron chi connectivity index (χ4n) is 3.46.